The molecule has 0 spiro atoms. The number of hydrogen-bond donors (Lipinski definition) is 0. The van der Waals surface area contributed by atoms with Crippen LogP contribution in [0.1, 0.15) is 16.8 Å². The van der Waals surface area contributed by atoms with Crippen LogP contribution in [0, 0.1) is 10.1 Å². The van der Waals surface area contributed by atoms with Crippen molar-refractivity contribution < 1.29 is 9.66 Å². The monoisotopic (exact) mass is 382 g/mol. The van der Waals surface area contributed by atoms with E-state index in [9.17, 15) is 10.1 Å². The van der Waals surface area contributed by atoms with Crippen LogP contribution in [0.15, 0.2) is 84.9 Å². The molecule has 4 rings (SSSR count). The fourth-order valence-corrected chi connectivity index (χ4v) is 3.00. The molecule has 0 aliphatic heterocycles. The number of fused-ring (bicyclic) bond motifs is 1. The molecule has 5 heteroatoms. The first-order chi connectivity index (χ1) is 14.2. The van der Waals surface area contributed by atoms with E-state index >= 15 is 0 Å². The predicted molar refractivity (Wildman–Crippen MR) is 115 cm³/mol. The van der Waals surface area contributed by atoms with E-state index in [1.165, 1.54) is 6.07 Å². The highest BCUT2D eigenvalue weighted by molar-refractivity contribution is 5.88. The first kappa shape index (κ1) is 18.4. The Hall–Kier alpha value is -3.99. The molecule has 0 saturated carbocycles. The minimum atomic E-state index is -0.388. The van der Waals surface area contributed by atoms with Crippen molar-refractivity contribution in [1.29, 1.82) is 0 Å². The first-order valence-electron chi connectivity index (χ1n) is 9.18. The topological polar surface area (TPSA) is 65.3 Å². The fourth-order valence-electron chi connectivity index (χ4n) is 3.00. The van der Waals surface area contributed by atoms with Gasteiger partial charge >= 0.3 is 0 Å². The lowest BCUT2D eigenvalue weighted by Crippen LogP contribution is -1.94. The van der Waals surface area contributed by atoms with Gasteiger partial charge in [0.05, 0.1) is 21.5 Å². The van der Waals surface area contributed by atoms with Crippen molar-refractivity contribution in [1.82, 2.24) is 4.98 Å². The molecule has 5 nitrogen and oxygen atoms in total. The Morgan fingerprint density at radius 2 is 1.66 bits per heavy atom. The zero-order valence-electron chi connectivity index (χ0n) is 15.6. The van der Waals surface area contributed by atoms with E-state index in [0.717, 1.165) is 22.6 Å². The summed E-state index contributed by atoms with van der Waals surface area (Å²) in [7, 11) is 0. The SMILES string of the molecule is O=[N+]([O-])c1cccc2nc(C=Cc3ccc(OCc4ccccc4)cc3)ccc12. The van der Waals surface area contributed by atoms with Gasteiger partial charge in [0.25, 0.3) is 5.69 Å². The molecule has 3 aromatic carbocycles. The number of benzene rings is 3. The van der Waals surface area contributed by atoms with E-state index < -0.39 is 0 Å². The van der Waals surface area contributed by atoms with Crippen LogP contribution < -0.4 is 4.74 Å². The molecule has 0 fully saturated rings. The summed E-state index contributed by atoms with van der Waals surface area (Å²) in [4.78, 5) is 15.2. The van der Waals surface area contributed by atoms with Crippen molar-refractivity contribution >= 4 is 28.7 Å². The number of aromatic nitrogens is 1. The molecule has 0 saturated heterocycles. The van der Waals surface area contributed by atoms with Crippen LogP contribution in [0.3, 0.4) is 0 Å². The Balaban J connectivity index is 1.45. The molecule has 0 atom stereocenters. The number of ether oxygens (including phenoxy) is 1. The van der Waals surface area contributed by atoms with Crippen LogP contribution in [0.2, 0.25) is 0 Å². The molecular weight excluding hydrogens is 364 g/mol. The maximum Gasteiger partial charge on any atom is 0.278 e. The minimum absolute atomic E-state index is 0.0663. The third kappa shape index (κ3) is 4.47. The lowest BCUT2D eigenvalue weighted by Gasteiger charge is -2.06. The first-order valence-corrected chi connectivity index (χ1v) is 9.18. The van der Waals surface area contributed by atoms with Crippen molar-refractivity contribution in [2.75, 3.05) is 0 Å². The maximum atomic E-state index is 11.1. The number of pyridine rings is 1. The second-order valence-corrected chi connectivity index (χ2v) is 6.51. The van der Waals surface area contributed by atoms with Gasteiger partial charge in [-0.15, -0.1) is 0 Å². The highest BCUT2D eigenvalue weighted by Crippen LogP contribution is 2.24. The van der Waals surface area contributed by atoms with Gasteiger partial charge in [0, 0.05) is 6.07 Å². The van der Waals surface area contributed by atoms with Crippen LogP contribution in [-0.2, 0) is 6.61 Å². The molecule has 1 aromatic heterocycles. The van der Waals surface area contributed by atoms with Gasteiger partial charge in [-0.2, -0.15) is 0 Å². The van der Waals surface area contributed by atoms with Crippen molar-refractivity contribution in [3.8, 4) is 5.75 Å². The fraction of sp³-hybridized carbons (Fsp3) is 0.0417. The van der Waals surface area contributed by atoms with E-state index in [1.807, 2.05) is 66.7 Å². The molecule has 0 radical (unpaired) electrons. The van der Waals surface area contributed by atoms with Crippen molar-refractivity contribution in [3.05, 3.63) is 112 Å². The molecule has 4 aromatic rings. The second kappa shape index (κ2) is 8.35. The number of nitro benzene ring substituents is 1. The number of hydrogen-bond acceptors (Lipinski definition) is 4. The zero-order valence-corrected chi connectivity index (χ0v) is 15.6. The summed E-state index contributed by atoms with van der Waals surface area (Å²) in [5, 5.41) is 11.7. The molecule has 0 unspecified atom stereocenters. The third-order valence-corrected chi connectivity index (χ3v) is 4.50. The Morgan fingerprint density at radius 1 is 0.862 bits per heavy atom. The summed E-state index contributed by atoms with van der Waals surface area (Å²) in [6, 6.07) is 26.3. The predicted octanol–water partition coefficient (Wildman–Crippen LogP) is 5.89. The Kier molecular flexibility index (Phi) is 5.29. The molecule has 142 valence electrons. The zero-order chi connectivity index (χ0) is 20.1. The summed E-state index contributed by atoms with van der Waals surface area (Å²) in [6.07, 6.45) is 3.84. The number of rotatable bonds is 6. The second-order valence-electron chi connectivity index (χ2n) is 6.51. The highest BCUT2D eigenvalue weighted by atomic mass is 16.6. The van der Waals surface area contributed by atoms with Crippen LogP contribution in [0.5, 0.6) is 5.75 Å². The van der Waals surface area contributed by atoms with Crippen LogP contribution in [-0.4, -0.2) is 9.91 Å². The van der Waals surface area contributed by atoms with Gasteiger partial charge in [0.1, 0.15) is 12.4 Å². The van der Waals surface area contributed by atoms with Crippen molar-refractivity contribution in [2.24, 2.45) is 0 Å². The quantitative estimate of drug-likeness (QED) is 0.308. The summed E-state index contributed by atoms with van der Waals surface area (Å²) in [5.74, 6) is 0.808. The molecule has 0 aliphatic carbocycles. The number of nitrogens with zero attached hydrogens (tertiary/aromatic N) is 2. The van der Waals surface area contributed by atoms with Gasteiger partial charge in [0.15, 0.2) is 0 Å². The van der Waals surface area contributed by atoms with Gasteiger partial charge < -0.3 is 4.74 Å². The number of non-ortho nitro benzene ring substituents is 1. The molecule has 0 bridgehead atoms. The Bertz CT molecular complexity index is 1170. The molecule has 0 amide bonds. The number of nitro groups is 1. The van der Waals surface area contributed by atoms with E-state index in [0.29, 0.717) is 17.5 Å². The summed E-state index contributed by atoms with van der Waals surface area (Å²) in [5.41, 5.74) is 3.54. The average molecular weight is 382 g/mol. The smallest absolute Gasteiger partial charge is 0.278 e. The molecular formula is C24H18N2O3. The van der Waals surface area contributed by atoms with Gasteiger partial charge in [-0.25, -0.2) is 4.98 Å². The van der Waals surface area contributed by atoms with Crippen LogP contribution in [0.4, 0.5) is 5.69 Å². The lowest BCUT2D eigenvalue weighted by atomic mass is 10.1. The van der Waals surface area contributed by atoms with Crippen LogP contribution in [0.25, 0.3) is 23.1 Å². The third-order valence-electron chi connectivity index (χ3n) is 4.50. The summed E-state index contributed by atoms with van der Waals surface area (Å²) < 4.78 is 5.80. The Labute approximate surface area is 168 Å². The van der Waals surface area contributed by atoms with E-state index in [1.54, 1.807) is 24.3 Å². The van der Waals surface area contributed by atoms with E-state index in [4.69, 9.17) is 4.74 Å². The molecule has 0 N–H and O–H groups in total. The van der Waals surface area contributed by atoms with Gasteiger partial charge in [-0.1, -0.05) is 54.6 Å². The van der Waals surface area contributed by atoms with Gasteiger partial charge in [-0.3, -0.25) is 10.1 Å². The molecule has 29 heavy (non-hydrogen) atoms. The summed E-state index contributed by atoms with van der Waals surface area (Å²) >= 11 is 0. The lowest BCUT2D eigenvalue weighted by molar-refractivity contribution is -0.383. The Morgan fingerprint density at radius 3 is 2.41 bits per heavy atom. The maximum absolute atomic E-state index is 11.1. The minimum Gasteiger partial charge on any atom is -0.489 e. The van der Waals surface area contributed by atoms with Crippen molar-refractivity contribution in [3.63, 3.8) is 0 Å². The van der Waals surface area contributed by atoms with Gasteiger partial charge in [0.2, 0.25) is 0 Å². The van der Waals surface area contributed by atoms with Crippen molar-refractivity contribution in [2.45, 2.75) is 6.61 Å². The largest absolute Gasteiger partial charge is 0.489 e. The summed E-state index contributed by atoms with van der Waals surface area (Å²) in [6.45, 7) is 0.531. The van der Waals surface area contributed by atoms with Gasteiger partial charge in [-0.05, 0) is 47.5 Å². The van der Waals surface area contributed by atoms with Crippen LogP contribution >= 0.6 is 0 Å². The van der Waals surface area contributed by atoms with E-state index in [2.05, 4.69) is 4.98 Å². The standard InChI is InChI=1S/C24H18N2O3/c27-26(28)24-8-4-7-23-22(24)16-13-20(25-23)12-9-18-10-14-21(15-11-18)29-17-19-5-2-1-3-6-19/h1-16H,17H2. The normalized spacial score (nSPS) is 11.0. The average Bonchev–Trinajstić information content (AvgIpc) is 2.77. The van der Waals surface area contributed by atoms with E-state index in [-0.39, 0.29) is 10.6 Å². The molecule has 0 aliphatic rings. The molecule has 1 heterocycles. The highest BCUT2D eigenvalue weighted by Gasteiger charge is 2.11.